The summed E-state index contributed by atoms with van der Waals surface area (Å²) in [6, 6.07) is 3.47. The number of rotatable bonds is 3. The lowest BCUT2D eigenvalue weighted by Gasteiger charge is -2.39. The molecule has 4 rings (SSSR count). The summed E-state index contributed by atoms with van der Waals surface area (Å²) >= 11 is 0. The smallest absolute Gasteiger partial charge is 0.183 e. The Bertz CT molecular complexity index is 500. The second-order valence-corrected chi connectivity index (χ2v) is 4.70. The van der Waals surface area contributed by atoms with Crippen LogP contribution in [0.15, 0.2) is 15.7 Å². The first-order valence-corrected chi connectivity index (χ1v) is 6.12. The van der Waals surface area contributed by atoms with Crippen LogP contribution in [0, 0.1) is 17.2 Å². The first-order chi connectivity index (χ1) is 8.85. The molecule has 3 saturated heterocycles. The molecule has 0 aromatic carbocycles. The number of nitriles is 1. The summed E-state index contributed by atoms with van der Waals surface area (Å²) in [5.74, 6) is 1.11. The zero-order valence-electron chi connectivity index (χ0n) is 10.4. The van der Waals surface area contributed by atoms with Crippen LogP contribution in [-0.4, -0.2) is 35.4 Å². The zero-order chi connectivity index (χ0) is 12.4. The Balaban J connectivity index is 0.00000133. The Morgan fingerprint density at radius 3 is 2.89 bits per heavy atom. The Kier molecular flexibility index (Phi) is 4.40. The lowest BCUT2D eigenvalue weighted by molar-refractivity contribution is 0.100. The first-order valence-electron chi connectivity index (χ1n) is 6.12. The van der Waals surface area contributed by atoms with Crippen LogP contribution in [-0.2, 0) is 11.4 Å². The van der Waals surface area contributed by atoms with Crippen LogP contribution in [0.5, 0.6) is 0 Å². The molecule has 0 N–H and O–H groups in total. The van der Waals surface area contributed by atoms with Crippen LogP contribution in [0.25, 0.3) is 0 Å². The van der Waals surface area contributed by atoms with Crippen molar-refractivity contribution in [2.75, 3.05) is 19.6 Å². The second kappa shape index (κ2) is 6.04. The maximum atomic E-state index is 8.61. The number of fused-ring (bicyclic) bond motifs is 3. The maximum absolute atomic E-state index is 8.61. The van der Waals surface area contributed by atoms with Gasteiger partial charge < -0.3 is 9.36 Å². The third-order valence-electron chi connectivity index (χ3n) is 3.51. The van der Waals surface area contributed by atoms with Gasteiger partial charge in [0.25, 0.3) is 0 Å². The predicted molar refractivity (Wildman–Crippen MR) is 69.9 cm³/mol. The van der Waals surface area contributed by atoms with Crippen molar-refractivity contribution in [3.63, 3.8) is 0 Å². The molecule has 0 unspecified atom stereocenters. The summed E-state index contributed by atoms with van der Waals surface area (Å²) in [5, 5.41) is 16.4. The average molecular weight is 283 g/mol. The molecule has 102 valence electrons. The quantitative estimate of drug-likeness (QED) is 0.787. The van der Waals surface area contributed by atoms with E-state index in [9.17, 15) is 0 Å². The fourth-order valence-corrected chi connectivity index (χ4v) is 2.50. The molecule has 3 aliphatic heterocycles. The number of piperidine rings is 3. The molecule has 3 aliphatic rings. The van der Waals surface area contributed by atoms with Crippen LogP contribution in [0.1, 0.15) is 24.3 Å². The minimum Gasteiger partial charge on any atom is -0.387 e. The minimum absolute atomic E-state index is 0. The van der Waals surface area contributed by atoms with Gasteiger partial charge in [-0.05, 0) is 25.9 Å². The van der Waals surface area contributed by atoms with Gasteiger partial charge in [0, 0.05) is 18.5 Å². The molecule has 4 heterocycles. The van der Waals surface area contributed by atoms with Crippen molar-refractivity contribution < 1.29 is 9.36 Å². The number of halogens is 1. The Labute approximate surface area is 117 Å². The third-order valence-corrected chi connectivity index (χ3v) is 3.51. The van der Waals surface area contributed by atoms with E-state index < -0.39 is 0 Å². The van der Waals surface area contributed by atoms with Crippen molar-refractivity contribution in [3.8, 4) is 6.07 Å². The molecule has 6 nitrogen and oxygen atoms in total. The summed E-state index contributed by atoms with van der Waals surface area (Å²) in [6.45, 7) is 3.50. The summed E-state index contributed by atoms with van der Waals surface area (Å²) < 4.78 is 4.93. The molecule has 0 amide bonds. The SMILES string of the molecule is Cl.N#Cc1cc(CON=C2CN3CCC2CC3)on1. The summed E-state index contributed by atoms with van der Waals surface area (Å²) in [5.41, 5.74) is 1.40. The Hall–Kier alpha value is -1.58. The Morgan fingerprint density at radius 2 is 2.32 bits per heavy atom. The molecule has 1 aromatic rings. The van der Waals surface area contributed by atoms with Gasteiger partial charge in [-0.15, -0.1) is 12.4 Å². The van der Waals surface area contributed by atoms with Gasteiger partial charge in [0.2, 0.25) is 0 Å². The van der Waals surface area contributed by atoms with Crippen molar-refractivity contribution in [2.45, 2.75) is 19.4 Å². The van der Waals surface area contributed by atoms with E-state index >= 15 is 0 Å². The van der Waals surface area contributed by atoms with Gasteiger partial charge >= 0.3 is 0 Å². The van der Waals surface area contributed by atoms with E-state index in [1.54, 1.807) is 6.07 Å². The van der Waals surface area contributed by atoms with Gasteiger partial charge in [-0.2, -0.15) is 5.26 Å². The van der Waals surface area contributed by atoms with Crippen molar-refractivity contribution in [1.29, 1.82) is 5.26 Å². The second-order valence-electron chi connectivity index (χ2n) is 4.70. The van der Waals surface area contributed by atoms with Gasteiger partial charge in [0.15, 0.2) is 18.1 Å². The number of nitrogens with zero attached hydrogens (tertiary/aromatic N) is 4. The van der Waals surface area contributed by atoms with Crippen molar-refractivity contribution in [1.82, 2.24) is 10.1 Å². The van der Waals surface area contributed by atoms with Gasteiger partial charge in [0.1, 0.15) is 6.07 Å². The van der Waals surface area contributed by atoms with Gasteiger partial charge in [0.05, 0.1) is 5.71 Å². The average Bonchev–Trinajstić information content (AvgIpc) is 2.88. The molecule has 2 bridgehead atoms. The lowest BCUT2D eigenvalue weighted by Crippen LogP contribution is -2.47. The lowest BCUT2D eigenvalue weighted by atomic mass is 9.87. The highest BCUT2D eigenvalue weighted by Gasteiger charge is 2.31. The molecule has 0 spiro atoms. The van der Waals surface area contributed by atoms with E-state index in [2.05, 4.69) is 15.2 Å². The van der Waals surface area contributed by atoms with Gasteiger partial charge in [-0.1, -0.05) is 10.3 Å². The van der Waals surface area contributed by atoms with Crippen LogP contribution in [0.3, 0.4) is 0 Å². The highest BCUT2D eigenvalue weighted by atomic mass is 35.5. The highest BCUT2D eigenvalue weighted by Crippen LogP contribution is 2.25. The fraction of sp³-hybridized carbons (Fsp3) is 0.583. The standard InChI is InChI=1S/C12H14N4O2.ClH/c13-6-10-5-11(18-14-10)8-17-15-12-7-16-3-1-9(12)2-4-16;/h5,9H,1-4,7-8H2;1H. The third kappa shape index (κ3) is 3.06. The van der Waals surface area contributed by atoms with E-state index in [1.165, 1.54) is 25.9 Å². The van der Waals surface area contributed by atoms with Gasteiger partial charge in [-0.25, -0.2) is 0 Å². The predicted octanol–water partition coefficient (Wildman–Crippen LogP) is 1.57. The molecular weight excluding hydrogens is 268 g/mol. The number of oxime groups is 1. The molecule has 1 aromatic heterocycles. The summed E-state index contributed by atoms with van der Waals surface area (Å²) in [6.07, 6.45) is 2.37. The van der Waals surface area contributed by atoms with E-state index in [-0.39, 0.29) is 24.7 Å². The zero-order valence-corrected chi connectivity index (χ0v) is 11.2. The number of hydrogen-bond donors (Lipinski definition) is 0. The molecule has 0 atom stereocenters. The van der Waals surface area contributed by atoms with E-state index in [0.717, 1.165) is 12.3 Å². The number of aromatic nitrogens is 1. The molecule has 0 radical (unpaired) electrons. The van der Waals surface area contributed by atoms with Crippen LogP contribution in [0.2, 0.25) is 0 Å². The largest absolute Gasteiger partial charge is 0.387 e. The van der Waals surface area contributed by atoms with Crippen molar-refractivity contribution in [2.24, 2.45) is 11.1 Å². The van der Waals surface area contributed by atoms with Crippen LogP contribution in [0.4, 0.5) is 0 Å². The highest BCUT2D eigenvalue weighted by molar-refractivity contribution is 5.89. The summed E-state index contributed by atoms with van der Waals surface area (Å²) in [4.78, 5) is 7.68. The fourth-order valence-electron chi connectivity index (χ4n) is 2.50. The molecule has 19 heavy (non-hydrogen) atoms. The number of hydrogen-bond acceptors (Lipinski definition) is 6. The molecule has 7 heteroatoms. The van der Waals surface area contributed by atoms with Crippen molar-refractivity contribution in [3.05, 3.63) is 17.5 Å². The Morgan fingerprint density at radius 1 is 1.53 bits per heavy atom. The van der Waals surface area contributed by atoms with E-state index in [0.29, 0.717) is 11.7 Å². The topological polar surface area (TPSA) is 74.7 Å². The van der Waals surface area contributed by atoms with Crippen molar-refractivity contribution >= 4 is 18.1 Å². The molecule has 0 saturated carbocycles. The normalized spacial score (nSPS) is 26.8. The minimum atomic E-state index is 0. The van der Waals surface area contributed by atoms with Gasteiger partial charge in [-0.3, -0.25) is 4.90 Å². The van der Waals surface area contributed by atoms with Crippen LogP contribution >= 0.6 is 12.4 Å². The molecule has 3 fully saturated rings. The van der Waals surface area contributed by atoms with Crippen LogP contribution < -0.4 is 0 Å². The van der Waals surface area contributed by atoms with E-state index in [4.69, 9.17) is 14.6 Å². The summed E-state index contributed by atoms with van der Waals surface area (Å²) in [7, 11) is 0. The molecule has 0 aliphatic carbocycles. The molecular formula is C12H15ClN4O2. The maximum Gasteiger partial charge on any atom is 0.183 e. The monoisotopic (exact) mass is 282 g/mol. The van der Waals surface area contributed by atoms with E-state index in [1.807, 2.05) is 6.07 Å². The first kappa shape index (κ1) is 13.8.